The van der Waals surface area contributed by atoms with Crippen LogP contribution in [0.1, 0.15) is 31.2 Å². The smallest absolute Gasteiger partial charge is 0.269 e. The molecule has 0 unspecified atom stereocenters. The number of ether oxygens (including phenoxy) is 1. The van der Waals surface area contributed by atoms with Crippen molar-refractivity contribution in [1.29, 1.82) is 0 Å². The van der Waals surface area contributed by atoms with Gasteiger partial charge in [0.2, 0.25) is 0 Å². The van der Waals surface area contributed by atoms with Crippen molar-refractivity contribution in [2.75, 3.05) is 33.4 Å². The molecule has 0 spiro atoms. The minimum Gasteiger partial charge on any atom is -0.395 e. The molecular weight excluding hydrogens is 428 g/mol. The number of amides is 3. The first kappa shape index (κ1) is 23.9. The predicted molar refractivity (Wildman–Crippen MR) is 109 cm³/mol. The van der Waals surface area contributed by atoms with E-state index in [0.29, 0.717) is 6.61 Å². The molecule has 0 radical (unpaired) electrons. The molecule has 12 heteroatoms. The van der Waals surface area contributed by atoms with E-state index in [9.17, 15) is 22.8 Å². The monoisotopic (exact) mass is 450 g/mol. The Morgan fingerprint density at radius 3 is 2.39 bits per heavy atom. The van der Waals surface area contributed by atoms with E-state index in [2.05, 4.69) is 15.6 Å². The Morgan fingerprint density at radius 2 is 1.74 bits per heavy atom. The van der Waals surface area contributed by atoms with Crippen LogP contribution in [-0.2, 0) is 14.8 Å². The average molecular weight is 450 g/mol. The number of aliphatic hydroxyl groups excluding tert-OH is 1. The van der Waals surface area contributed by atoms with Gasteiger partial charge in [-0.2, -0.15) is 0 Å². The van der Waals surface area contributed by atoms with E-state index < -0.39 is 27.7 Å². The van der Waals surface area contributed by atoms with Crippen LogP contribution in [0.2, 0.25) is 0 Å². The summed E-state index contributed by atoms with van der Waals surface area (Å²) in [6.07, 6.45) is 1.05. The number of carbonyl (C=O) groups excluding carboxylic acids is 3. The molecule has 3 amide bonds. The van der Waals surface area contributed by atoms with E-state index in [1.165, 1.54) is 37.4 Å². The van der Waals surface area contributed by atoms with E-state index >= 15 is 0 Å². The normalized spacial score (nSPS) is 10.9. The number of aromatic nitrogens is 1. The highest BCUT2D eigenvalue weighted by atomic mass is 32.2. The standard InChI is InChI=1S/C19H22N4O7S/c1-30-10-8-21-17(25)13-3-2-4-15(11-13)31(28,29)23-18(26)14-5-6-16(22-12-14)19(27)20-7-9-24/h2-6,11-12,24H,7-10H2,1H3,(H,20,27)(H,21,25)(H,23,26). The number of methoxy groups -OCH3 is 1. The van der Waals surface area contributed by atoms with Gasteiger partial charge in [-0.15, -0.1) is 0 Å². The van der Waals surface area contributed by atoms with Crippen molar-refractivity contribution in [2.24, 2.45) is 0 Å². The summed E-state index contributed by atoms with van der Waals surface area (Å²) in [5.41, 5.74) is 0.0159. The molecule has 0 bridgehead atoms. The van der Waals surface area contributed by atoms with Crippen LogP contribution in [0.25, 0.3) is 0 Å². The minimum atomic E-state index is -4.27. The third-order valence-corrected chi connectivity index (χ3v) is 5.21. The summed E-state index contributed by atoms with van der Waals surface area (Å²) in [4.78, 5) is 39.7. The quantitative estimate of drug-likeness (QED) is 0.345. The van der Waals surface area contributed by atoms with Gasteiger partial charge < -0.3 is 20.5 Å². The fourth-order valence-electron chi connectivity index (χ4n) is 2.34. The van der Waals surface area contributed by atoms with Crippen LogP contribution in [0.5, 0.6) is 0 Å². The summed E-state index contributed by atoms with van der Waals surface area (Å²) in [6, 6.07) is 7.70. The van der Waals surface area contributed by atoms with E-state index in [0.717, 1.165) is 12.3 Å². The van der Waals surface area contributed by atoms with Crippen LogP contribution in [0.3, 0.4) is 0 Å². The fraction of sp³-hybridized carbons (Fsp3) is 0.263. The fourth-order valence-corrected chi connectivity index (χ4v) is 3.36. The highest BCUT2D eigenvalue weighted by molar-refractivity contribution is 7.90. The van der Waals surface area contributed by atoms with Crippen molar-refractivity contribution in [3.63, 3.8) is 0 Å². The first-order valence-corrected chi connectivity index (χ1v) is 10.6. The number of hydrogen-bond donors (Lipinski definition) is 4. The van der Waals surface area contributed by atoms with Crippen LogP contribution in [0.4, 0.5) is 0 Å². The Kier molecular flexibility index (Phi) is 8.61. The van der Waals surface area contributed by atoms with Gasteiger partial charge in [-0.3, -0.25) is 19.4 Å². The first-order chi connectivity index (χ1) is 14.8. The molecule has 0 aliphatic rings. The number of hydrogen-bond acceptors (Lipinski definition) is 8. The average Bonchev–Trinajstić information content (AvgIpc) is 2.77. The molecule has 1 aromatic heterocycles. The van der Waals surface area contributed by atoms with Crippen molar-refractivity contribution in [3.05, 3.63) is 59.4 Å². The van der Waals surface area contributed by atoms with Gasteiger partial charge in [0.15, 0.2) is 0 Å². The highest BCUT2D eigenvalue weighted by Crippen LogP contribution is 2.12. The predicted octanol–water partition coefficient (Wildman–Crippen LogP) is -0.701. The molecule has 1 aromatic carbocycles. The molecule has 2 aromatic rings. The highest BCUT2D eigenvalue weighted by Gasteiger charge is 2.21. The molecule has 0 atom stereocenters. The molecule has 4 N–H and O–H groups in total. The van der Waals surface area contributed by atoms with Crippen LogP contribution in [-0.4, -0.2) is 69.6 Å². The molecule has 0 fully saturated rings. The van der Waals surface area contributed by atoms with Crippen molar-refractivity contribution in [1.82, 2.24) is 20.3 Å². The Bertz CT molecular complexity index is 1040. The Balaban J connectivity index is 2.10. The minimum absolute atomic E-state index is 0.0000405. The second-order valence-corrected chi connectivity index (χ2v) is 7.81. The number of rotatable bonds is 10. The Labute approximate surface area is 178 Å². The molecule has 0 saturated carbocycles. The van der Waals surface area contributed by atoms with Crippen molar-refractivity contribution in [2.45, 2.75) is 4.90 Å². The zero-order valence-corrected chi connectivity index (χ0v) is 17.4. The van der Waals surface area contributed by atoms with Crippen LogP contribution in [0.15, 0.2) is 47.5 Å². The summed E-state index contributed by atoms with van der Waals surface area (Å²) in [7, 11) is -2.78. The van der Waals surface area contributed by atoms with Crippen LogP contribution < -0.4 is 15.4 Å². The van der Waals surface area contributed by atoms with E-state index in [1.807, 2.05) is 4.72 Å². The summed E-state index contributed by atoms with van der Waals surface area (Å²) < 4.78 is 31.8. The van der Waals surface area contributed by atoms with Gasteiger partial charge in [-0.1, -0.05) is 6.07 Å². The van der Waals surface area contributed by atoms with E-state index in [-0.39, 0.29) is 41.4 Å². The largest absolute Gasteiger partial charge is 0.395 e. The molecule has 0 saturated heterocycles. The second kappa shape index (κ2) is 11.2. The van der Waals surface area contributed by atoms with Crippen LogP contribution >= 0.6 is 0 Å². The topological polar surface area (TPSA) is 164 Å². The number of nitrogens with one attached hydrogen (secondary N) is 3. The molecule has 31 heavy (non-hydrogen) atoms. The van der Waals surface area contributed by atoms with Gasteiger partial charge in [0.05, 0.1) is 23.7 Å². The lowest BCUT2D eigenvalue weighted by atomic mass is 10.2. The van der Waals surface area contributed by atoms with Gasteiger partial charge in [-0.25, -0.2) is 13.1 Å². The van der Waals surface area contributed by atoms with Crippen molar-refractivity contribution < 1.29 is 32.6 Å². The number of carbonyl (C=O) groups is 3. The number of aliphatic hydroxyl groups is 1. The molecule has 1 heterocycles. The second-order valence-electron chi connectivity index (χ2n) is 6.12. The maximum Gasteiger partial charge on any atom is 0.269 e. The van der Waals surface area contributed by atoms with E-state index in [1.54, 1.807) is 0 Å². The van der Waals surface area contributed by atoms with Gasteiger partial charge in [0, 0.05) is 32.0 Å². The lowest BCUT2D eigenvalue weighted by molar-refractivity contribution is 0.0930. The van der Waals surface area contributed by atoms with Gasteiger partial charge in [-0.05, 0) is 30.3 Å². The van der Waals surface area contributed by atoms with Crippen LogP contribution in [0, 0.1) is 0 Å². The number of pyridine rings is 1. The Morgan fingerprint density at radius 1 is 1.00 bits per heavy atom. The first-order valence-electron chi connectivity index (χ1n) is 9.08. The zero-order chi connectivity index (χ0) is 22.9. The van der Waals surface area contributed by atoms with Crippen molar-refractivity contribution in [3.8, 4) is 0 Å². The summed E-state index contributed by atoms with van der Waals surface area (Å²) >= 11 is 0. The molecule has 0 aliphatic heterocycles. The molecule has 2 rings (SSSR count). The maximum absolute atomic E-state index is 12.6. The number of benzene rings is 1. The third-order valence-electron chi connectivity index (χ3n) is 3.88. The lowest BCUT2D eigenvalue weighted by Crippen LogP contribution is -2.31. The summed E-state index contributed by atoms with van der Waals surface area (Å²) in [6.45, 7) is 0.365. The Hall–Kier alpha value is -3.35. The molecule has 11 nitrogen and oxygen atoms in total. The maximum atomic E-state index is 12.6. The number of nitrogens with zero attached hydrogens (tertiary/aromatic N) is 1. The number of sulfonamides is 1. The SMILES string of the molecule is COCCNC(=O)c1cccc(S(=O)(=O)NC(=O)c2ccc(C(=O)NCCO)nc2)c1. The van der Waals surface area contributed by atoms with Gasteiger partial charge >= 0.3 is 0 Å². The zero-order valence-electron chi connectivity index (χ0n) is 16.6. The van der Waals surface area contributed by atoms with E-state index in [4.69, 9.17) is 9.84 Å². The summed E-state index contributed by atoms with van der Waals surface area (Å²) in [5, 5.41) is 13.7. The molecule has 0 aliphatic carbocycles. The molecule has 166 valence electrons. The third kappa shape index (κ3) is 6.84. The van der Waals surface area contributed by atoms with Gasteiger partial charge in [0.1, 0.15) is 5.69 Å². The van der Waals surface area contributed by atoms with Crippen molar-refractivity contribution >= 4 is 27.7 Å². The lowest BCUT2D eigenvalue weighted by Gasteiger charge is -2.09. The van der Waals surface area contributed by atoms with Gasteiger partial charge in [0.25, 0.3) is 27.7 Å². The summed E-state index contributed by atoms with van der Waals surface area (Å²) in [5.74, 6) is -1.99. The molecular formula is C19H22N4O7S.